The van der Waals surface area contributed by atoms with E-state index in [1.54, 1.807) is 19.2 Å². The third kappa shape index (κ3) is 5.38. The zero-order valence-corrected chi connectivity index (χ0v) is 18.1. The highest BCUT2D eigenvalue weighted by Crippen LogP contribution is 2.31. The largest absolute Gasteiger partial charge is 0.497 e. The summed E-state index contributed by atoms with van der Waals surface area (Å²) in [5.41, 5.74) is 3.16. The predicted molar refractivity (Wildman–Crippen MR) is 120 cm³/mol. The van der Waals surface area contributed by atoms with Crippen LogP contribution >= 0.6 is 0 Å². The molecule has 0 spiro atoms. The zero-order chi connectivity index (χ0) is 23.2. The fourth-order valence-electron chi connectivity index (χ4n) is 3.62. The molecule has 1 heterocycles. The van der Waals surface area contributed by atoms with E-state index >= 15 is 0 Å². The number of rotatable bonds is 7. The average molecular weight is 445 g/mol. The standard InChI is InChI=1S/C26H23NO6/c1-31-21-9-5-6-17(12-21)15-27-24(28)16-32-25(29)19-10-11-22-20(13-19)14-23(33-26(22)30)18-7-3-2-4-8-18/h2-13,23H,14-16H2,1H3,(H,27,28). The van der Waals surface area contributed by atoms with Crippen molar-refractivity contribution in [1.29, 1.82) is 0 Å². The van der Waals surface area contributed by atoms with Crippen LogP contribution in [0.25, 0.3) is 0 Å². The Morgan fingerprint density at radius 1 is 1.03 bits per heavy atom. The van der Waals surface area contributed by atoms with E-state index in [4.69, 9.17) is 14.2 Å². The van der Waals surface area contributed by atoms with Crippen molar-refractivity contribution in [2.75, 3.05) is 13.7 Å². The number of hydrogen-bond acceptors (Lipinski definition) is 6. The van der Waals surface area contributed by atoms with Crippen LogP contribution in [-0.4, -0.2) is 31.6 Å². The lowest BCUT2D eigenvalue weighted by Crippen LogP contribution is -2.28. The highest BCUT2D eigenvalue weighted by molar-refractivity contribution is 5.96. The first kappa shape index (κ1) is 22.1. The summed E-state index contributed by atoms with van der Waals surface area (Å²) in [4.78, 5) is 37.0. The van der Waals surface area contributed by atoms with Crippen molar-refractivity contribution in [3.63, 3.8) is 0 Å². The van der Waals surface area contributed by atoms with Gasteiger partial charge in [-0.3, -0.25) is 4.79 Å². The maximum absolute atomic E-state index is 12.5. The van der Waals surface area contributed by atoms with E-state index in [-0.39, 0.29) is 12.1 Å². The Labute approximate surface area is 191 Å². The van der Waals surface area contributed by atoms with Crippen LogP contribution in [0.5, 0.6) is 5.75 Å². The quantitative estimate of drug-likeness (QED) is 0.559. The molecule has 4 rings (SSSR count). The molecule has 3 aromatic rings. The number of cyclic esters (lactones) is 1. The fraction of sp³-hybridized carbons (Fsp3) is 0.192. The number of benzene rings is 3. The number of fused-ring (bicyclic) bond motifs is 1. The molecule has 1 unspecified atom stereocenters. The van der Waals surface area contributed by atoms with Gasteiger partial charge in [0.25, 0.3) is 5.91 Å². The molecule has 0 bridgehead atoms. The number of methoxy groups -OCH3 is 1. The summed E-state index contributed by atoms with van der Waals surface area (Å²) >= 11 is 0. The second-order valence-electron chi connectivity index (χ2n) is 7.59. The van der Waals surface area contributed by atoms with Gasteiger partial charge in [0.15, 0.2) is 6.61 Å². The van der Waals surface area contributed by atoms with Crippen molar-refractivity contribution in [1.82, 2.24) is 5.32 Å². The third-order valence-electron chi connectivity index (χ3n) is 5.35. The Bertz CT molecular complexity index is 1170. The first-order valence-electron chi connectivity index (χ1n) is 10.5. The van der Waals surface area contributed by atoms with E-state index < -0.39 is 30.6 Å². The molecule has 7 heteroatoms. The number of hydrogen-bond donors (Lipinski definition) is 1. The number of amides is 1. The molecule has 3 aromatic carbocycles. The molecule has 0 aliphatic carbocycles. The second kappa shape index (κ2) is 9.99. The lowest BCUT2D eigenvalue weighted by atomic mass is 9.93. The Morgan fingerprint density at radius 3 is 2.64 bits per heavy atom. The molecule has 0 fully saturated rings. The summed E-state index contributed by atoms with van der Waals surface area (Å²) in [5.74, 6) is -0.790. The van der Waals surface area contributed by atoms with Gasteiger partial charge in [0.05, 0.1) is 18.2 Å². The van der Waals surface area contributed by atoms with Crippen LogP contribution in [0.4, 0.5) is 0 Å². The van der Waals surface area contributed by atoms with E-state index in [2.05, 4.69) is 5.32 Å². The SMILES string of the molecule is COc1cccc(CNC(=O)COC(=O)c2ccc3c(c2)CC(c2ccccc2)OC3=O)c1. The minimum absolute atomic E-state index is 0.274. The van der Waals surface area contributed by atoms with Crippen molar-refractivity contribution >= 4 is 17.8 Å². The van der Waals surface area contributed by atoms with Crippen LogP contribution in [0.1, 0.15) is 43.5 Å². The summed E-state index contributed by atoms with van der Waals surface area (Å²) in [5, 5.41) is 2.70. The molecule has 1 atom stereocenters. The van der Waals surface area contributed by atoms with Crippen LogP contribution in [0.3, 0.4) is 0 Å². The third-order valence-corrected chi connectivity index (χ3v) is 5.35. The molecule has 0 saturated heterocycles. The van der Waals surface area contributed by atoms with Crippen molar-refractivity contribution < 1.29 is 28.6 Å². The van der Waals surface area contributed by atoms with Crippen LogP contribution in [-0.2, 0) is 27.2 Å². The van der Waals surface area contributed by atoms with Gasteiger partial charge < -0.3 is 19.5 Å². The number of nitrogens with one attached hydrogen (secondary N) is 1. The summed E-state index contributed by atoms with van der Waals surface area (Å²) in [7, 11) is 1.57. The fourth-order valence-corrected chi connectivity index (χ4v) is 3.62. The lowest BCUT2D eigenvalue weighted by molar-refractivity contribution is -0.124. The van der Waals surface area contributed by atoms with Gasteiger partial charge in [0, 0.05) is 13.0 Å². The summed E-state index contributed by atoms with van der Waals surface area (Å²) in [6.45, 7) is -0.121. The van der Waals surface area contributed by atoms with Crippen molar-refractivity contribution in [2.45, 2.75) is 19.1 Å². The van der Waals surface area contributed by atoms with Gasteiger partial charge in [-0.2, -0.15) is 0 Å². The minimum atomic E-state index is -0.635. The normalized spacial score (nSPS) is 14.6. The lowest BCUT2D eigenvalue weighted by Gasteiger charge is -2.25. The number of carbonyl (C=O) groups excluding carboxylic acids is 3. The van der Waals surface area contributed by atoms with E-state index in [1.165, 1.54) is 6.07 Å². The Morgan fingerprint density at radius 2 is 1.85 bits per heavy atom. The van der Waals surface area contributed by atoms with Crippen molar-refractivity contribution in [3.8, 4) is 5.75 Å². The Hall–Kier alpha value is -4.13. The van der Waals surface area contributed by atoms with Gasteiger partial charge in [0.2, 0.25) is 0 Å². The van der Waals surface area contributed by atoms with Crippen LogP contribution in [0.15, 0.2) is 72.8 Å². The molecule has 0 aromatic heterocycles. The summed E-state index contributed by atoms with van der Waals surface area (Å²) in [6.07, 6.45) is 0.0348. The van der Waals surface area contributed by atoms with Gasteiger partial charge in [0.1, 0.15) is 11.9 Å². The molecule has 1 amide bonds. The molecule has 168 valence electrons. The zero-order valence-electron chi connectivity index (χ0n) is 18.1. The Kier molecular flexibility index (Phi) is 6.69. The number of ether oxygens (including phenoxy) is 3. The molecule has 1 N–H and O–H groups in total. The first-order chi connectivity index (χ1) is 16.0. The van der Waals surface area contributed by atoms with Crippen LogP contribution in [0, 0.1) is 0 Å². The van der Waals surface area contributed by atoms with E-state index in [9.17, 15) is 14.4 Å². The van der Waals surface area contributed by atoms with Crippen LogP contribution in [0.2, 0.25) is 0 Å². The summed E-state index contributed by atoms with van der Waals surface area (Å²) < 4.78 is 15.9. The molecule has 0 saturated carbocycles. The topological polar surface area (TPSA) is 90.9 Å². The molecular weight excluding hydrogens is 422 g/mol. The maximum atomic E-state index is 12.5. The van der Waals surface area contributed by atoms with Crippen molar-refractivity contribution in [2.24, 2.45) is 0 Å². The molecule has 1 aliphatic rings. The highest BCUT2D eigenvalue weighted by Gasteiger charge is 2.28. The van der Waals surface area contributed by atoms with E-state index in [1.807, 2.05) is 54.6 Å². The number of carbonyl (C=O) groups is 3. The van der Waals surface area contributed by atoms with Crippen LogP contribution < -0.4 is 10.1 Å². The smallest absolute Gasteiger partial charge is 0.339 e. The van der Waals surface area contributed by atoms with E-state index in [0.717, 1.165) is 11.1 Å². The minimum Gasteiger partial charge on any atom is -0.497 e. The predicted octanol–water partition coefficient (Wildman–Crippen LogP) is 3.62. The maximum Gasteiger partial charge on any atom is 0.339 e. The van der Waals surface area contributed by atoms with Gasteiger partial charge in [-0.15, -0.1) is 0 Å². The van der Waals surface area contributed by atoms with Gasteiger partial charge in [-0.25, -0.2) is 9.59 Å². The number of esters is 2. The van der Waals surface area contributed by atoms with Gasteiger partial charge in [-0.05, 0) is 47.0 Å². The molecule has 1 aliphatic heterocycles. The average Bonchev–Trinajstić information content (AvgIpc) is 2.86. The highest BCUT2D eigenvalue weighted by atomic mass is 16.5. The van der Waals surface area contributed by atoms with Gasteiger partial charge in [-0.1, -0.05) is 42.5 Å². The first-order valence-corrected chi connectivity index (χ1v) is 10.5. The molecular formula is C26H23NO6. The molecule has 0 radical (unpaired) electrons. The molecule has 33 heavy (non-hydrogen) atoms. The molecule has 7 nitrogen and oxygen atoms in total. The van der Waals surface area contributed by atoms with Gasteiger partial charge >= 0.3 is 11.9 Å². The van der Waals surface area contributed by atoms with Crippen molar-refractivity contribution in [3.05, 3.63) is 101 Å². The monoisotopic (exact) mass is 445 g/mol. The summed E-state index contributed by atoms with van der Waals surface area (Å²) in [6, 6.07) is 21.4. The Balaban J connectivity index is 1.35. The van der Waals surface area contributed by atoms with E-state index in [0.29, 0.717) is 23.3 Å². The second-order valence-corrected chi connectivity index (χ2v) is 7.59.